The van der Waals surface area contributed by atoms with Crippen LogP contribution in [0.3, 0.4) is 0 Å². The number of aromatic nitrogens is 3. The smallest absolute Gasteiger partial charge is 0.255 e. The summed E-state index contributed by atoms with van der Waals surface area (Å²) in [5.74, 6) is 1.04. The Morgan fingerprint density at radius 1 is 1.03 bits per heavy atom. The summed E-state index contributed by atoms with van der Waals surface area (Å²) in [6.07, 6.45) is 9.05. The van der Waals surface area contributed by atoms with Gasteiger partial charge in [0.2, 0.25) is 0 Å². The number of pyridine rings is 2. The second-order valence-electron chi connectivity index (χ2n) is 10.1. The summed E-state index contributed by atoms with van der Waals surface area (Å²) in [5, 5.41) is 9.94. The van der Waals surface area contributed by atoms with Crippen molar-refractivity contribution in [1.29, 1.82) is 0 Å². The van der Waals surface area contributed by atoms with Crippen molar-refractivity contribution in [3.05, 3.63) is 71.6 Å². The van der Waals surface area contributed by atoms with Gasteiger partial charge in [0, 0.05) is 54.4 Å². The molecule has 1 amide bonds. The third-order valence-corrected chi connectivity index (χ3v) is 7.65. The van der Waals surface area contributed by atoms with Gasteiger partial charge in [0.25, 0.3) is 5.91 Å². The highest BCUT2D eigenvalue weighted by molar-refractivity contribution is 7.16. The molecule has 0 spiro atoms. The number of hydrogen-bond acceptors (Lipinski definition) is 8. The second-order valence-corrected chi connectivity index (χ2v) is 11.0. The van der Waals surface area contributed by atoms with Crippen LogP contribution in [0.15, 0.2) is 60.5 Å². The fourth-order valence-electron chi connectivity index (χ4n) is 4.91. The van der Waals surface area contributed by atoms with E-state index in [1.54, 1.807) is 42.1 Å². The quantitative estimate of drug-likeness (QED) is 0.222. The van der Waals surface area contributed by atoms with E-state index in [1.165, 1.54) is 0 Å². The predicted octanol–water partition coefficient (Wildman–Crippen LogP) is 6.21. The molecule has 3 heterocycles. The Labute approximate surface area is 226 Å². The summed E-state index contributed by atoms with van der Waals surface area (Å²) in [6, 6.07) is 11.7. The maximum atomic E-state index is 13.3. The number of carbonyl (C=O) groups excluding carboxylic acids is 2. The molecular formula is C29H32N6O2S. The second kappa shape index (κ2) is 11.7. The van der Waals surface area contributed by atoms with Gasteiger partial charge in [-0.3, -0.25) is 14.6 Å². The lowest BCUT2D eigenvalue weighted by Gasteiger charge is -2.29. The number of ketones is 1. The molecule has 0 atom stereocenters. The maximum absolute atomic E-state index is 13.3. The van der Waals surface area contributed by atoms with E-state index in [4.69, 9.17) is 0 Å². The number of anilines is 3. The molecule has 196 valence electrons. The number of hydrogen-bond donors (Lipinski definition) is 3. The molecule has 0 unspecified atom stereocenters. The van der Waals surface area contributed by atoms with Crippen molar-refractivity contribution in [3.63, 3.8) is 0 Å². The van der Waals surface area contributed by atoms with Gasteiger partial charge in [-0.15, -0.1) is 11.3 Å². The molecule has 1 fully saturated rings. The number of nitrogens with one attached hydrogen (secondary N) is 3. The van der Waals surface area contributed by atoms with Gasteiger partial charge in [-0.05, 0) is 75.8 Å². The van der Waals surface area contributed by atoms with Crippen LogP contribution >= 0.6 is 11.3 Å². The van der Waals surface area contributed by atoms with Crippen molar-refractivity contribution < 1.29 is 9.59 Å². The van der Waals surface area contributed by atoms with Crippen LogP contribution in [0.4, 0.5) is 17.2 Å². The number of benzene rings is 1. The average molecular weight is 529 g/mol. The Morgan fingerprint density at radius 2 is 1.82 bits per heavy atom. The summed E-state index contributed by atoms with van der Waals surface area (Å²) in [4.78, 5) is 38.7. The van der Waals surface area contributed by atoms with Crippen LogP contribution in [0, 0.1) is 5.92 Å². The summed E-state index contributed by atoms with van der Waals surface area (Å²) in [5.41, 5.74) is 5.70. The molecule has 0 bridgehead atoms. The van der Waals surface area contributed by atoms with E-state index < -0.39 is 0 Å². The molecular weight excluding hydrogens is 496 g/mol. The Balaban J connectivity index is 1.20. The Hall–Kier alpha value is -3.85. The van der Waals surface area contributed by atoms with Gasteiger partial charge in [0.15, 0.2) is 5.78 Å². The third kappa shape index (κ3) is 6.34. The largest absolute Gasteiger partial charge is 0.382 e. The molecule has 1 aliphatic carbocycles. The molecule has 4 aromatic rings. The summed E-state index contributed by atoms with van der Waals surface area (Å²) in [7, 11) is 0. The fourth-order valence-corrected chi connectivity index (χ4v) is 5.62. The van der Waals surface area contributed by atoms with Gasteiger partial charge in [0.05, 0.1) is 27.0 Å². The van der Waals surface area contributed by atoms with Crippen molar-refractivity contribution in [2.75, 3.05) is 10.6 Å². The van der Waals surface area contributed by atoms with E-state index in [-0.39, 0.29) is 23.8 Å². The maximum Gasteiger partial charge on any atom is 0.255 e. The number of Topliss-reactive ketones (excluding diaryl/α,β-unsaturated/α-hetero) is 1. The van der Waals surface area contributed by atoms with Crippen LogP contribution in [-0.2, 0) is 0 Å². The number of amides is 1. The zero-order valence-corrected chi connectivity index (χ0v) is 22.4. The molecule has 3 N–H and O–H groups in total. The van der Waals surface area contributed by atoms with Gasteiger partial charge in [-0.1, -0.05) is 0 Å². The molecule has 8 nitrogen and oxygen atoms in total. The standard InChI is InChI=1S/C29H32N6O2S/c1-18(2)33-25-15-28(34-22-7-8-24-27(14-22)38-17-32-24)31-16-23(25)29(37)35-21-5-3-19(4-6-21)13-26(36)20-9-11-30-12-10-20/h7-12,14-19,21H,3-6,13H2,1-2H3,(H,35,37)(H2,31,33,34). The Bertz CT molecular complexity index is 1410. The number of nitrogens with zero attached hydrogens (tertiary/aromatic N) is 3. The summed E-state index contributed by atoms with van der Waals surface area (Å²) in [6.45, 7) is 4.09. The molecule has 9 heteroatoms. The third-order valence-electron chi connectivity index (χ3n) is 6.85. The number of thiazole rings is 1. The Kier molecular flexibility index (Phi) is 7.93. The van der Waals surface area contributed by atoms with Crippen LogP contribution in [0.25, 0.3) is 10.2 Å². The first kappa shape index (κ1) is 25.8. The predicted molar refractivity (Wildman–Crippen MR) is 152 cm³/mol. The van der Waals surface area contributed by atoms with Crippen molar-refractivity contribution in [1.82, 2.24) is 20.3 Å². The minimum absolute atomic E-state index is 0.0885. The van der Waals surface area contributed by atoms with E-state index >= 15 is 0 Å². The van der Waals surface area contributed by atoms with E-state index in [2.05, 4.69) is 30.9 Å². The van der Waals surface area contributed by atoms with E-state index in [9.17, 15) is 9.59 Å². The lowest BCUT2D eigenvalue weighted by atomic mass is 9.82. The number of carbonyl (C=O) groups is 2. The SMILES string of the molecule is CC(C)Nc1cc(Nc2ccc3ncsc3c2)ncc1C(=O)NC1CCC(CC(=O)c2ccncc2)CC1. The summed E-state index contributed by atoms with van der Waals surface area (Å²) < 4.78 is 1.10. The minimum Gasteiger partial charge on any atom is -0.382 e. The first-order chi connectivity index (χ1) is 18.4. The van der Waals surface area contributed by atoms with Gasteiger partial charge in [0.1, 0.15) is 5.82 Å². The molecule has 1 aliphatic rings. The molecule has 1 saturated carbocycles. The van der Waals surface area contributed by atoms with Gasteiger partial charge >= 0.3 is 0 Å². The molecule has 0 aliphatic heterocycles. The normalized spacial score (nSPS) is 17.3. The van der Waals surface area contributed by atoms with Crippen LogP contribution in [0.2, 0.25) is 0 Å². The first-order valence-electron chi connectivity index (χ1n) is 13.1. The van der Waals surface area contributed by atoms with Crippen molar-refractivity contribution in [3.8, 4) is 0 Å². The highest BCUT2D eigenvalue weighted by atomic mass is 32.1. The monoisotopic (exact) mass is 528 g/mol. The highest BCUT2D eigenvalue weighted by Crippen LogP contribution is 2.30. The average Bonchev–Trinajstić information content (AvgIpc) is 3.38. The number of rotatable bonds is 9. The lowest BCUT2D eigenvalue weighted by molar-refractivity contribution is 0.0897. The molecule has 38 heavy (non-hydrogen) atoms. The van der Waals surface area contributed by atoms with E-state index in [0.717, 1.165) is 52.8 Å². The zero-order chi connectivity index (χ0) is 26.5. The molecule has 0 radical (unpaired) electrons. The highest BCUT2D eigenvalue weighted by Gasteiger charge is 2.26. The van der Waals surface area contributed by atoms with E-state index in [1.807, 2.05) is 43.6 Å². The molecule has 0 saturated heterocycles. The number of fused-ring (bicyclic) bond motifs is 1. The first-order valence-corrected chi connectivity index (χ1v) is 13.9. The van der Waals surface area contributed by atoms with E-state index in [0.29, 0.717) is 23.7 Å². The van der Waals surface area contributed by atoms with Crippen LogP contribution in [0.1, 0.15) is 66.7 Å². The van der Waals surface area contributed by atoms with Gasteiger partial charge < -0.3 is 16.0 Å². The molecule has 3 aromatic heterocycles. The van der Waals surface area contributed by atoms with Crippen molar-refractivity contribution in [2.24, 2.45) is 5.92 Å². The lowest BCUT2D eigenvalue weighted by Crippen LogP contribution is -2.38. The van der Waals surface area contributed by atoms with Crippen LogP contribution in [0.5, 0.6) is 0 Å². The summed E-state index contributed by atoms with van der Waals surface area (Å²) >= 11 is 1.59. The Morgan fingerprint density at radius 3 is 2.58 bits per heavy atom. The van der Waals surface area contributed by atoms with Crippen LogP contribution in [-0.4, -0.2) is 38.7 Å². The fraction of sp³-hybridized carbons (Fsp3) is 0.345. The molecule has 5 rings (SSSR count). The van der Waals surface area contributed by atoms with Crippen LogP contribution < -0.4 is 16.0 Å². The topological polar surface area (TPSA) is 109 Å². The zero-order valence-electron chi connectivity index (χ0n) is 21.6. The minimum atomic E-state index is -0.130. The van der Waals surface area contributed by atoms with Crippen molar-refractivity contribution in [2.45, 2.75) is 58.0 Å². The van der Waals surface area contributed by atoms with Gasteiger partial charge in [-0.2, -0.15) is 0 Å². The van der Waals surface area contributed by atoms with Crippen molar-refractivity contribution >= 4 is 50.4 Å². The molecule has 1 aromatic carbocycles. The van der Waals surface area contributed by atoms with Gasteiger partial charge in [-0.25, -0.2) is 9.97 Å².